The number of nitrogens with zero attached hydrogens (tertiary/aromatic N) is 3. The molecule has 0 spiro atoms. The van der Waals surface area contributed by atoms with E-state index in [0.29, 0.717) is 28.0 Å². The summed E-state index contributed by atoms with van der Waals surface area (Å²) in [6.45, 7) is 2.10. The highest BCUT2D eigenvalue weighted by Gasteiger charge is 2.15. The number of carbonyl (C=O) groups excluding carboxylic acids is 1. The molecule has 0 saturated carbocycles. The Morgan fingerprint density at radius 1 is 1.30 bits per heavy atom. The van der Waals surface area contributed by atoms with E-state index in [9.17, 15) is 9.90 Å². The first-order chi connectivity index (χ1) is 12.9. The molecule has 0 aliphatic heterocycles. The quantitative estimate of drug-likeness (QED) is 0.578. The summed E-state index contributed by atoms with van der Waals surface area (Å²) < 4.78 is 1.64. The molecule has 1 aromatic carbocycles. The highest BCUT2D eigenvalue weighted by Crippen LogP contribution is 2.26. The third-order valence-corrected chi connectivity index (χ3v) is 4.42. The zero-order valence-electron chi connectivity index (χ0n) is 14.6. The van der Waals surface area contributed by atoms with Gasteiger partial charge in [-0.1, -0.05) is 29.3 Å². The Bertz CT molecular complexity index is 936. The number of hydrogen-bond donors (Lipinski definition) is 2. The van der Waals surface area contributed by atoms with Crippen LogP contribution >= 0.6 is 23.2 Å². The van der Waals surface area contributed by atoms with E-state index >= 15 is 0 Å². The second-order valence-corrected chi connectivity index (χ2v) is 6.99. The molecule has 2 aromatic heterocycles. The van der Waals surface area contributed by atoms with Crippen LogP contribution in [0.1, 0.15) is 22.8 Å². The number of aromatic nitrogens is 3. The fourth-order valence-corrected chi connectivity index (χ4v) is 3.25. The van der Waals surface area contributed by atoms with Crippen molar-refractivity contribution in [3.05, 3.63) is 70.1 Å². The minimum absolute atomic E-state index is 0.155. The summed E-state index contributed by atoms with van der Waals surface area (Å²) in [5, 5.41) is 17.4. The number of Topliss-reactive ketones (excluding diaryl/α,β-unsaturated/α-hetero) is 1. The number of halogens is 2. The van der Waals surface area contributed by atoms with E-state index in [-0.39, 0.29) is 12.2 Å². The molecule has 27 heavy (non-hydrogen) atoms. The molecule has 3 aromatic rings. The molecular formula is C19H18Cl2N4O2. The molecule has 2 heterocycles. The first kappa shape index (κ1) is 19.4. The number of carbonyl (C=O) groups is 1. The maximum Gasteiger partial charge on any atom is 0.170 e. The highest BCUT2D eigenvalue weighted by atomic mass is 35.5. The number of aliphatic hydroxyl groups excluding tert-OH is 1. The Morgan fingerprint density at radius 2 is 2.04 bits per heavy atom. The lowest BCUT2D eigenvalue weighted by molar-refractivity contribution is 0.0993. The van der Waals surface area contributed by atoms with E-state index < -0.39 is 6.10 Å². The molecule has 0 aliphatic rings. The summed E-state index contributed by atoms with van der Waals surface area (Å²) in [4.78, 5) is 16.8. The predicted molar refractivity (Wildman–Crippen MR) is 106 cm³/mol. The Hall–Kier alpha value is -2.41. The zero-order chi connectivity index (χ0) is 19.4. The zero-order valence-corrected chi connectivity index (χ0v) is 16.1. The smallest absolute Gasteiger partial charge is 0.170 e. The minimum Gasteiger partial charge on any atom is -0.391 e. The number of hydrogen-bond acceptors (Lipinski definition) is 5. The summed E-state index contributed by atoms with van der Waals surface area (Å²) in [5.74, 6) is 0.426. The number of nitrogens with one attached hydrogen (secondary N) is 1. The van der Waals surface area contributed by atoms with E-state index in [1.54, 1.807) is 60.5 Å². The average molecular weight is 405 g/mol. The van der Waals surface area contributed by atoms with Crippen LogP contribution in [0, 0.1) is 0 Å². The summed E-state index contributed by atoms with van der Waals surface area (Å²) in [6.07, 6.45) is 4.71. The van der Waals surface area contributed by atoms with Gasteiger partial charge in [-0.15, -0.1) is 0 Å². The van der Waals surface area contributed by atoms with Crippen molar-refractivity contribution in [3.8, 4) is 0 Å². The first-order valence-electron chi connectivity index (χ1n) is 8.32. The molecule has 2 N–H and O–H groups in total. The molecule has 0 radical (unpaired) electrons. The van der Waals surface area contributed by atoms with Crippen LogP contribution in [0.2, 0.25) is 10.0 Å². The summed E-state index contributed by atoms with van der Waals surface area (Å²) >= 11 is 12.2. The molecule has 0 unspecified atom stereocenters. The van der Waals surface area contributed by atoms with Gasteiger partial charge in [0.2, 0.25) is 0 Å². The number of anilines is 2. The van der Waals surface area contributed by atoms with Gasteiger partial charge >= 0.3 is 0 Å². The van der Waals surface area contributed by atoms with E-state index in [1.165, 1.54) is 0 Å². The third kappa shape index (κ3) is 5.07. The molecule has 0 saturated heterocycles. The lowest BCUT2D eigenvalue weighted by Crippen LogP contribution is -2.11. The largest absolute Gasteiger partial charge is 0.391 e. The van der Waals surface area contributed by atoms with Crippen LogP contribution in [0.15, 0.2) is 48.9 Å². The van der Waals surface area contributed by atoms with Gasteiger partial charge in [0.25, 0.3) is 0 Å². The van der Waals surface area contributed by atoms with Crippen LogP contribution in [0.3, 0.4) is 0 Å². The molecule has 0 fully saturated rings. The molecule has 0 amide bonds. The summed E-state index contributed by atoms with van der Waals surface area (Å²) in [7, 11) is 0. The lowest BCUT2D eigenvalue weighted by Gasteiger charge is -2.08. The van der Waals surface area contributed by atoms with Gasteiger partial charge in [-0.3, -0.25) is 9.48 Å². The monoisotopic (exact) mass is 404 g/mol. The summed E-state index contributed by atoms with van der Waals surface area (Å²) in [5.41, 5.74) is 1.84. The highest BCUT2D eigenvalue weighted by molar-refractivity contribution is 6.39. The first-order valence-corrected chi connectivity index (χ1v) is 9.07. The topological polar surface area (TPSA) is 80.0 Å². The van der Waals surface area contributed by atoms with Crippen molar-refractivity contribution in [1.29, 1.82) is 0 Å². The number of aliphatic hydroxyl groups is 1. The molecular weight excluding hydrogens is 387 g/mol. The Kier molecular flexibility index (Phi) is 6.11. The number of pyridine rings is 1. The van der Waals surface area contributed by atoms with E-state index in [1.807, 2.05) is 0 Å². The van der Waals surface area contributed by atoms with Gasteiger partial charge in [0.15, 0.2) is 5.78 Å². The van der Waals surface area contributed by atoms with Crippen LogP contribution in [-0.4, -0.2) is 31.8 Å². The van der Waals surface area contributed by atoms with Gasteiger partial charge in [-0.05, 0) is 36.8 Å². The van der Waals surface area contributed by atoms with E-state index in [4.69, 9.17) is 23.2 Å². The fourth-order valence-electron chi connectivity index (χ4n) is 2.64. The molecule has 8 heteroatoms. The Morgan fingerprint density at radius 3 is 2.74 bits per heavy atom. The molecule has 140 valence electrons. The van der Waals surface area contributed by atoms with Gasteiger partial charge in [-0.25, -0.2) is 4.98 Å². The van der Waals surface area contributed by atoms with Crippen LogP contribution in [-0.2, 0) is 13.0 Å². The minimum atomic E-state index is -0.484. The van der Waals surface area contributed by atoms with E-state index in [0.717, 1.165) is 11.3 Å². The molecule has 6 nitrogen and oxygen atoms in total. The molecule has 0 bridgehead atoms. The normalized spacial score (nSPS) is 12.0. The maximum absolute atomic E-state index is 12.6. The summed E-state index contributed by atoms with van der Waals surface area (Å²) in [6, 6.07) is 8.54. The number of ketones is 1. The molecule has 3 rings (SSSR count). The van der Waals surface area contributed by atoms with Gasteiger partial charge in [0.05, 0.1) is 40.1 Å². The van der Waals surface area contributed by atoms with Crippen LogP contribution < -0.4 is 5.32 Å². The van der Waals surface area contributed by atoms with Crippen molar-refractivity contribution in [1.82, 2.24) is 14.8 Å². The van der Waals surface area contributed by atoms with Gasteiger partial charge in [0.1, 0.15) is 5.82 Å². The SMILES string of the molecule is C[C@@H](O)Cn1cc(Nc2cc(CC(=O)c3c(Cl)cccc3Cl)ccn2)cn1. The van der Waals surface area contributed by atoms with Crippen LogP contribution in [0.4, 0.5) is 11.5 Å². The van der Waals surface area contributed by atoms with Crippen molar-refractivity contribution >= 4 is 40.5 Å². The van der Waals surface area contributed by atoms with Crippen LogP contribution in [0.5, 0.6) is 0 Å². The fraction of sp³-hybridized carbons (Fsp3) is 0.211. The maximum atomic E-state index is 12.6. The van der Waals surface area contributed by atoms with Gasteiger partial charge < -0.3 is 10.4 Å². The van der Waals surface area contributed by atoms with Crippen molar-refractivity contribution in [3.63, 3.8) is 0 Å². The van der Waals surface area contributed by atoms with Gasteiger partial charge in [0, 0.05) is 18.8 Å². The second-order valence-electron chi connectivity index (χ2n) is 6.17. The standard InChI is InChI=1S/C19H18Cl2N4O2/c1-12(26)10-25-11-14(9-23-25)24-18-8-13(5-6-22-18)7-17(27)19-15(20)3-2-4-16(19)21/h2-6,8-9,11-12,26H,7,10H2,1H3,(H,22,24)/t12-/m1/s1. The number of rotatable bonds is 7. The average Bonchev–Trinajstić information content (AvgIpc) is 3.01. The van der Waals surface area contributed by atoms with Crippen molar-refractivity contribution in [2.75, 3.05) is 5.32 Å². The van der Waals surface area contributed by atoms with Crippen molar-refractivity contribution < 1.29 is 9.90 Å². The van der Waals surface area contributed by atoms with Crippen molar-refractivity contribution in [2.24, 2.45) is 0 Å². The number of benzene rings is 1. The van der Waals surface area contributed by atoms with Gasteiger partial charge in [-0.2, -0.15) is 5.10 Å². The van der Waals surface area contributed by atoms with Crippen molar-refractivity contribution in [2.45, 2.75) is 26.0 Å². The Labute approximate surface area is 166 Å². The van der Waals surface area contributed by atoms with Crippen LogP contribution in [0.25, 0.3) is 0 Å². The lowest BCUT2D eigenvalue weighted by atomic mass is 10.0. The molecule has 0 aliphatic carbocycles. The predicted octanol–water partition coefficient (Wildman–Crippen LogP) is 4.13. The molecule has 1 atom stereocenters. The second kappa shape index (κ2) is 8.52. The third-order valence-electron chi connectivity index (χ3n) is 3.79. The van der Waals surface area contributed by atoms with E-state index in [2.05, 4.69) is 15.4 Å². The Balaban J connectivity index is 1.72.